The second kappa shape index (κ2) is 12.1. The van der Waals surface area contributed by atoms with Gasteiger partial charge in [-0.25, -0.2) is 4.79 Å². The van der Waals surface area contributed by atoms with Crippen LogP contribution in [0, 0.1) is 0 Å². The van der Waals surface area contributed by atoms with E-state index in [-0.39, 0.29) is 24.1 Å². The molecule has 42 heavy (non-hydrogen) atoms. The molecule has 3 aromatic rings. The molecule has 3 fully saturated rings. The van der Waals surface area contributed by atoms with E-state index in [2.05, 4.69) is 64.2 Å². The van der Waals surface area contributed by atoms with Gasteiger partial charge in [0, 0.05) is 43.5 Å². The highest BCUT2D eigenvalue weighted by Crippen LogP contribution is 2.35. The third-order valence-electron chi connectivity index (χ3n) is 8.49. The van der Waals surface area contributed by atoms with Crippen molar-refractivity contribution in [2.45, 2.75) is 63.8 Å². The van der Waals surface area contributed by atoms with E-state index in [1.54, 1.807) is 16.7 Å². The van der Waals surface area contributed by atoms with E-state index in [0.717, 1.165) is 55.2 Å². The zero-order chi connectivity index (χ0) is 29.3. The van der Waals surface area contributed by atoms with Gasteiger partial charge in [0.15, 0.2) is 0 Å². The van der Waals surface area contributed by atoms with Crippen molar-refractivity contribution in [3.05, 3.63) is 66.7 Å². The summed E-state index contributed by atoms with van der Waals surface area (Å²) < 4.78 is 7.98. The van der Waals surface area contributed by atoms with Gasteiger partial charge in [0.05, 0.1) is 23.3 Å². The van der Waals surface area contributed by atoms with E-state index in [4.69, 9.17) is 9.84 Å². The molecule has 0 spiro atoms. The Morgan fingerprint density at radius 2 is 1.57 bits per heavy atom. The fourth-order valence-electron chi connectivity index (χ4n) is 6.38. The highest BCUT2D eigenvalue weighted by molar-refractivity contribution is 7.99. The Labute approximate surface area is 253 Å². The third-order valence-corrected chi connectivity index (χ3v) is 9.46. The number of hydrogen-bond donors (Lipinski definition) is 0. The lowest BCUT2D eigenvalue weighted by atomic mass is 10.0. The van der Waals surface area contributed by atoms with Crippen LogP contribution in [-0.4, -0.2) is 92.0 Å². The van der Waals surface area contributed by atoms with E-state index in [0.29, 0.717) is 18.8 Å². The number of carbonyl (C=O) groups is 2. The Bertz CT molecular complexity index is 1380. The second-order valence-corrected chi connectivity index (χ2v) is 13.6. The lowest BCUT2D eigenvalue weighted by Crippen LogP contribution is -2.48. The fraction of sp³-hybridized carbons (Fsp3) is 0.485. The molecule has 0 bridgehead atoms. The first-order valence-electron chi connectivity index (χ1n) is 15.1. The number of rotatable bonds is 5. The van der Waals surface area contributed by atoms with Gasteiger partial charge in [-0.3, -0.25) is 19.3 Å². The van der Waals surface area contributed by atoms with Gasteiger partial charge in [-0.1, -0.05) is 60.7 Å². The molecule has 3 saturated heterocycles. The Morgan fingerprint density at radius 3 is 2.19 bits per heavy atom. The van der Waals surface area contributed by atoms with Crippen molar-refractivity contribution in [1.82, 2.24) is 24.5 Å². The van der Waals surface area contributed by atoms with Gasteiger partial charge in [-0.05, 0) is 51.7 Å². The molecule has 8 nitrogen and oxygen atoms in total. The van der Waals surface area contributed by atoms with Crippen LogP contribution in [0.5, 0.6) is 0 Å². The third kappa shape index (κ3) is 6.22. The summed E-state index contributed by atoms with van der Waals surface area (Å²) in [5.41, 5.74) is 3.80. The zero-order valence-corrected chi connectivity index (χ0v) is 25.6. The van der Waals surface area contributed by atoms with Crippen LogP contribution in [0.1, 0.15) is 46.1 Å². The van der Waals surface area contributed by atoms with Gasteiger partial charge < -0.3 is 9.64 Å². The summed E-state index contributed by atoms with van der Waals surface area (Å²) >= 11 is 1.77. The highest BCUT2D eigenvalue weighted by atomic mass is 32.2. The van der Waals surface area contributed by atoms with Gasteiger partial charge in [0.1, 0.15) is 11.6 Å². The molecule has 6 rings (SSSR count). The Hall–Kier alpha value is -3.30. The van der Waals surface area contributed by atoms with Crippen molar-refractivity contribution in [3.63, 3.8) is 0 Å². The van der Waals surface area contributed by atoms with Gasteiger partial charge in [-0.15, -0.1) is 11.8 Å². The molecule has 2 atom stereocenters. The largest absolute Gasteiger partial charge is 0.444 e. The summed E-state index contributed by atoms with van der Waals surface area (Å²) in [5.74, 6) is 1.71. The number of ether oxygens (including phenoxy) is 1. The van der Waals surface area contributed by atoms with E-state index in [1.165, 1.54) is 5.56 Å². The molecule has 0 radical (unpaired) electrons. The van der Waals surface area contributed by atoms with E-state index >= 15 is 0 Å². The number of piperidine rings is 1. The molecular weight excluding hydrogens is 546 g/mol. The number of carbonyl (C=O) groups excluding carboxylic acids is 2. The monoisotopic (exact) mass is 587 g/mol. The molecule has 222 valence electrons. The van der Waals surface area contributed by atoms with Crippen LogP contribution in [-0.2, 0) is 9.53 Å². The average Bonchev–Trinajstić information content (AvgIpc) is 3.77. The van der Waals surface area contributed by atoms with Crippen LogP contribution in [0.25, 0.3) is 22.5 Å². The van der Waals surface area contributed by atoms with Crippen molar-refractivity contribution >= 4 is 23.8 Å². The lowest BCUT2D eigenvalue weighted by Gasteiger charge is -2.36. The maximum Gasteiger partial charge on any atom is 0.411 e. The summed E-state index contributed by atoms with van der Waals surface area (Å²) in [4.78, 5) is 32.8. The minimum absolute atomic E-state index is 0.0562. The lowest BCUT2D eigenvalue weighted by molar-refractivity contribution is -0.134. The first-order chi connectivity index (χ1) is 20.3. The van der Waals surface area contributed by atoms with Crippen LogP contribution in [0.2, 0.25) is 0 Å². The molecular formula is C33H41N5O3S. The van der Waals surface area contributed by atoms with Crippen molar-refractivity contribution in [2.24, 2.45) is 0 Å². The molecule has 2 aromatic carbocycles. The molecule has 0 N–H and O–H groups in total. The smallest absolute Gasteiger partial charge is 0.411 e. The second-order valence-electron chi connectivity index (χ2n) is 12.5. The predicted octanol–water partition coefficient (Wildman–Crippen LogP) is 5.76. The minimum Gasteiger partial charge on any atom is -0.444 e. The number of amides is 2. The van der Waals surface area contributed by atoms with Crippen molar-refractivity contribution in [2.75, 3.05) is 37.8 Å². The van der Waals surface area contributed by atoms with E-state index in [1.807, 2.05) is 37.8 Å². The normalized spacial score (nSPS) is 22.1. The summed E-state index contributed by atoms with van der Waals surface area (Å²) in [6.07, 6.45) is 2.18. The SMILES string of the molecule is CC(C)(C)OC(=O)N1C[C@@H](N2CCC(n3nc(-c4ccccc4)cc3-c3ccccc3)CC2)C[C@H]1C(=O)N1CCSC1. The Balaban J connectivity index is 1.18. The summed E-state index contributed by atoms with van der Waals surface area (Å²) in [6, 6.07) is 23.0. The summed E-state index contributed by atoms with van der Waals surface area (Å²) in [6.45, 7) is 8.68. The average molecular weight is 588 g/mol. The van der Waals surface area contributed by atoms with Crippen molar-refractivity contribution < 1.29 is 14.3 Å². The van der Waals surface area contributed by atoms with Gasteiger partial charge >= 0.3 is 6.09 Å². The highest BCUT2D eigenvalue weighted by Gasteiger charge is 2.45. The summed E-state index contributed by atoms with van der Waals surface area (Å²) in [5, 5.41) is 5.13. The van der Waals surface area contributed by atoms with E-state index in [9.17, 15) is 9.59 Å². The van der Waals surface area contributed by atoms with Crippen molar-refractivity contribution in [1.29, 1.82) is 0 Å². The van der Waals surface area contributed by atoms with Gasteiger partial charge in [-0.2, -0.15) is 5.10 Å². The maximum absolute atomic E-state index is 13.5. The number of hydrogen-bond acceptors (Lipinski definition) is 6. The van der Waals surface area contributed by atoms with Gasteiger partial charge in [0.2, 0.25) is 5.91 Å². The molecule has 3 aliphatic heterocycles. The maximum atomic E-state index is 13.5. The first-order valence-corrected chi connectivity index (χ1v) is 16.2. The molecule has 1 aromatic heterocycles. The molecule has 4 heterocycles. The number of nitrogens with zero attached hydrogens (tertiary/aromatic N) is 5. The molecule has 0 unspecified atom stereocenters. The van der Waals surface area contributed by atoms with E-state index < -0.39 is 11.6 Å². The zero-order valence-electron chi connectivity index (χ0n) is 24.8. The molecule has 0 aliphatic carbocycles. The number of aromatic nitrogens is 2. The van der Waals surface area contributed by atoms with Crippen LogP contribution < -0.4 is 0 Å². The van der Waals surface area contributed by atoms with Gasteiger partial charge in [0.25, 0.3) is 0 Å². The summed E-state index contributed by atoms with van der Waals surface area (Å²) in [7, 11) is 0. The minimum atomic E-state index is -0.608. The van der Waals surface area contributed by atoms with Crippen LogP contribution in [0.3, 0.4) is 0 Å². The Morgan fingerprint density at radius 1 is 0.905 bits per heavy atom. The standard InChI is InChI=1S/C33H41N5O3S/c1-33(2,3)41-32(40)37-22-27(20-30(37)31(39)36-18-19-42-23-36)35-16-14-26(15-17-35)38-29(25-12-8-5-9-13-25)21-28(34-38)24-10-6-4-7-11-24/h4-13,21,26-27,30H,14-20,22-23H2,1-3H3/t27-,30-/m0/s1. The predicted molar refractivity (Wildman–Crippen MR) is 167 cm³/mol. The van der Waals surface area contributed by atoms with Crippen molar-refractivity contribution in [3.8, 4) is 22.5 Å². The quantitative estimate of drug-likeness (QED) is 0.378. The molecule has 9 heteroatoms. The first kappa shape index (κ1) is 28.8. The number of benzene rings is 2. The van der Waals surface area contributed by atoms with Crippen LogP contribution in [0.4, 0.5) is 4.79 Å². The van der Waals surface area contributed by atoms with Crippen LogP contribution in [0.15, 0.2) is 66.7 Å². The molecule has 3 aliphatic rings. The molecule has 2 amide bonds. The topological polar surface area (TPSA) is 70.9 Å². The fourth-order valence-corrected chi connectivity index (χ4v) is 7.33. The van der Waals surface area contributed by atoms with Crippen LogP contribution >= 0.6 is 11.8 Å². The number of thioether (sulfide) groups is 1. The number of likely N-dealkylation sites (tertiary alicyclic amines) is 2. The Kier molecular flexibility index (Phi) is 8.32. The molecule has 0 saturated carbocycles.